The lowest BCUT2D eigenvalue weighted by Gasteiger charge is -2.62. The van der Waals surface area contributed by atoms with Crippen molar-refractivity contribution in [2.75, 3.05) is 52.5 Å². The van der Waals surface area contributed by atoms with Crippen LogP contribution in [0, 0.1) is 17.8 Å². The number of Topliss-reactive ketones (excluding diaryl/α,β-unsaturated/α-hetero) is 1. The largest absolute Gasteiger partial charge is 0.378 e. The normalized spacial score (nSPS) is 41.3. The molecule has 6 fully saturated rings. The number of hydrogen-bond donors (Lipinski definition) is 1. The topological polar surface area (TPSA) is 74.3 Å². The Bertz CT molecular complexity index is 929. The highest BCUT2D eigenvalue weighted by atomic mass is 16.5. The molecule has 8 nitrogen and oxygen atoms in total. The van der Waals surface area contributed by atoms with E-state index in [-0.39, 0.29) is 41.9 Å². The van der Waals surface area contributed by atoms with Crippen LogP contribution in [0.2, 0.25) is 0 Å². The zero-order chi connectivity index (χ0) is 25.6. The summed E-state index contributed by atoms with van der Waals surface area (Å²) in [4.78, 5) is 34.6. The molecule has 7 rings (SSSR count). The number of carbonyl (C=O) groups excluding carboxylic acids is 2. The summed E-state index contributed by atoms with van der Waals surface area (Å²) in [6, 6.07) is 0.606. The number of ketones is 1. The van der Waals surface area contributed by atoms with Gasteiger partial charge in [0.2, 0.25) is 0 Å². The summed E-state index contributed by atoms with van der Waals surface area (Å²) in [5, 5.41) is 3.87. The molecule has 210 valence electrons. The van der Waals surface area contributed by atoms with Crippen molar-refractivity contribution in [3.63, 3.8) is 0 Å². The second-order valence-electron chi connectivity index (χ2n) is 13.0. The van der Waals surface area contributed by atoms with Crippen molar-refractivity contribution in [2.24, 2.45) is 17.8 Å². The zero-order valence-electron chi connectivity index (χ0n) is 22.9. The summed E-state index contributed by atoms with van der Waals surface area (Å²) in [5.41, 5.74) is 0.422. The van der Waals surface area contributed by atoms with E-state index in [9.17, 15) is 9.59 Å². The molecule has 8 atom stereocenters. The Morgan fingerprint density at radius 1 is 0.921 bits per heavy atom. The van der Waals surface area contributed by atoms with Crippen LogP contribution >= 0.6 is 0 Å². The zero-order valence-corrected chi connectivity index (χ0v) is 22.9. The number of ether oxygens (including phenoxy) is 2. The van der Waals surface area contributed by atoms with Gasteiger partial charge in [-0.2, -0.15) is 0 Å². The molecule has 0 aromatic heterocycles. The Kier molecular flexibility index (Phi) is 7.26. The SMILES string of the molecule is O=C1C(C(=O)N2CCOCC2)=CN2C3C(CCC4CCCCC43)OC3C(NCCN4CCCC4)CCC1C32. The summed E-state index contributed by atoms with van der Waals surface area (Å²) in [6.07, 6.45) is 14.2. The molecule has 4 aliphatic heterocycles. The Labute approximate surface area is 227 Å². The molecule has 8 heteroatoms. The first-order valence-electron chi connectivity index (χ1n) is 15.7. The predicted molar refractivity (Wildman–Crippen MR) is 143 cm³/mol. The van der Waals surface area contributed by atoms with Crippen molar-refractivity contribution in [2.45, 2.75) is 94.5 Å². The minimum atomic E-state index is -0.147. The van der Waals surface area contributed by atoms with Crippen LogP contribution in [-0.4, -0.2) is 109 Å². The smallest absolute Gasteiger partial charge is 0.259 e. The number of hydrogen-bond acceptors (Lipinski definition) is 7. The monoisotopic (exact) mass is 526 g/mol. The second-order valence-corrected chi connectivity index (χ2v) is 13.0. The van der Waals surface area contributed by atoms with Gasteiger partial charge in [-0.25, -0.2) is 0 Å². The van der Waals surface area contributed by atoms with E-state index < -0.39 is 0 Å². The van der Waals surface area contributed by atoms with Gasteiger partial charge in [0.05, 0.1) is 43.1 Å². The van der Waals surface area contributed by atoms with Gasteiger partial charge in [0.1, 0.15) is 0 Å². The number of amides is 1. The standard InChI is InChI=1S/C30H46N4O4/c35-28-22-8-9-24(31-11-14-32-12-3-4-13-32)29-27(22)34(19-23(28)30(36)33-15-17-37-18-16-33)26-21-6-2-1-5-20(21)7-10-25(26)38-29/h19-22,24-27,29,31H,1-18H2. The van der Waals surface area contributed by atoms with Crippen LogP contribution in [0.3, 0.4) is 0 Å². The number of carbonyl (C=O) groups is 2. The van der Waals surface area contributed by atoms with Crippen molar-refractivity contribution >= 4 is 11.7 Å². The summed E-state index contributed by atoms with van der Waals surface area (Å²) < 4.78 is 12.6. The summed E-state index contributed by atoms with van der Waals surface area (Å²) in [7, 11) is 0. The van der Waals surface area contributed by atoms with Gasteiger partial charge >= 0.3 is 0 Å². The fraction of sp³-hybridized carbons (Fsp3) is 0.867. The molecule has 7 aliphatic rings. The van der Waals surface area contributed by atoms with Gasteiger partial charge in [-0.1, -0.05) is 19.3 Å². The first-order valence-corrected chi connectivity index (χ1v) is 15.7. The molecule has 3 saturated carbocycles. The lowest BCUT2D eigenvalue weighted by molar-refractivity contribution is -0.207. The van der Waals surface area contributed by atoms with Crippen LogP contribution in [0.5, 0.6) is 0 Å². The maximum absolute atomic E-state index is 14.0. The van der Waals surface area contributed by atoms with E-state index in [0.29, 0.717) is 43.8 Å². The Balaban J connectivity index is 1.18. The molecule has 1 N–H and O–H groups in total. The molecule has 0 spiro atoms. The van der Waals surface area contributed by atoms with Gasteiger partial charge in [0, 0.05) is 44.3 Å². The molecule has 3 aliphatic carbocycles. The van der Waals surface area contributed by atoms with Crippen LogP contribution < -0.4 is 5.32 Å². The van der Waals surface area contributed by atoms with Crippen LogP contribution in [0.1, 0.15) is 64.2 Å². The first-order chi connectivity index (χ1) is 18.7. The van der Waals surface area contributed by atoms with E-state index in [4.69, 9.17) is 9.47 Å². The summed E-state index contributed by atoms with van der Waals surface area (Å²) in [5.74, 6) is 1.19. The molecule has 38 heavy (non-hydrogen) atoms. The number of morpholine rings is 2. The highest BCUT2D eigenvalue weighted by molar-refractivity contribution is 6.20. The number of fused-ring (bicyclic) bond motifs is 4. The van der Waals surface area contributed by atoms with Crippen molar-refractivity contribution < 1.29 is 19.1 Å². The van der Waals surface area contributed by atoms with Crippen molar-refractivity contribution in [1.29, 1.82) is 0 Å². The number of rotatable bonds is 5. The van der Waals surface area contributed by atoms with Gasteiger partial charge in [-0.15, -0.1) is 0 Å². The minimum absolute atomic E-state index is 0.00829. The highest BCUT2D eigenvalue weighted by Gasteiger charge is 2.58. The third kappa shape index (κ3) is 4.53. The molecule has 8 unspecified atom stereocenters. The minimum Gasteiger partial charge on any atom is -0.378 e. The quantitative estimate of drug-likeness (QED) is 0.551. The maximum Gasteiger partial charge on any atom is 0.259 e. The van der Waals surface area contributed by atoms with Crippen molar-refractivity contribution in [3.05, 3.63) is 11.8 Å². The Hall–Kier alpha value is -1.48. The number of nitrogens with zero attached hydrogens (tertiary/aromatic N) is 3. The maximum atomic E-state index is 14.0. The average molecular weight is 527 g/mol. The van der Waals surface area contributed by atoms with E-state index in [1.807, 2.05) is 11.1 Å². The fourth-order valence-corrected chi connectivity index (χ4v) is 9.15. The van der Waals surface area contributed by atoms with E-state index in [0.717, 1.165) is 38.3 Å². The molecule has 1 amide bonds. The van der Waals surface area contributed by atoms with E-state index in [2.05, 4.69) is 15.1 Å². The predicted octanol–water partition coefficient (Wildman–Crippen LogP) is 2.18. The van der Waals surface area contributed by atoms with E-state index in [1.54, 1.807) is 0 Å². The van der Waals surface area contributed by atoms with E-state index in [1.165, 1.54) is 58.0 Å². The summed E-state index contributed by atoms with van der Waals surface area (Å²) >= 11 is 0. The molecule has 4 heterocycles. The first kappa shape index (κ1) is 25.5. The van der Waals surface area contributed by atoms with Gasteiger partial charge in [0.15, 0.2) is 5.78 Å². The third-order valence-corrected chi connectivity index (χ3v) is 11.0. The molecule has 0 aromatic rings. The van der Waals surface area contributed by atoms with Crippen LogP contribution in [0.15, 0.2) is 11.8 Å². The lowest BCUT2D eigenvalue weighted by Crippen LogP contribution is -2.72. The summed E-state index contributed by atoms with van der Waals surface area (Å²) in [6.45, 7) is 6.76. The highest BCUT2D eigenvalue weighted by Crippen LogP contribution is 2.50. The van der Waals surface area contributed by atoms with E-state index >= 15 is 0 Å². The number of likely N-dealkylation sites (tertiary alicyclic amines) is 1. The van der Waals surface area contributed by atoms with Gasteiger partial charge < -0.3 is 29.5 Å². The molecular weight excluding hydrogens is 480 g/mol. The second kappa shape index (κ2) is 10.8. The molecule has 3 saturated heterocycles. The Morgan fingerprint density at radius 2 is 1.74 bits per heavy atom. The molecule has 0 aromatic carbocycles. The molecule has 0 radical (unpaired) electrons. The molecule has 0 bridgehead atoms. The van der Waals surface area contributed by atoms with Crippen molar-refractivity contribution in [1.82, 2.24) is 20.0 Å². The lowest BCUT2D eigenvalue weighted by atomic mass is 9.63. The van der Waals surface area contributed by atoms with Gasteiger partial charge in [-0.3, -0.25) is 9.59 Å². The number of nitrogens with one attached hydrogen (secondary N) is 1. The van der Waals surface area contributed by atoms with Crippen LogP contribution in [0.4, 0.5) is 0 Å². The average Bonchev–Trinajstić information content (AvgIpc) is 3.48. The van der Waals surface area contributed by atoms with Crippen LogP contribution in [-0.2, 0) is 19.1 Å². The van der Waals surface area contributed by atoms with Crippen molar-refractivity contribution in [3.8, 4) is 0 Å². The molecular formula is C30H46N4O4. The Morgan fingerprint density at radius 3 is 2.58 bits per heavy atom. The fourth-order valence-electron chi connectivity index (χ4n) is 9.15. The van der Waals surface area contributed by atoms with Gasteiger partial charge in [-0.05, 0) is 69.9 Å². The third-order valence-electron chi connectivity index (χ3n) is 11.0. The van der Waals surface area contributed by atoms with Gasteiger partial charge in [0.25, 0.3) is 5.91 Å². The van der Waals surface area contributed by atoms with Crippen LogP contribution in [0.25, 0.3) is 0 Å².